The first-order valence-corrected chi connectivity index (χ1v) is 7.28. The van der Waals surface area contributed by atoms with E-state index in [0.717, 1.165) is 9.13 Å². The Labute approximate surface area is 130 Å². The molecule has 1 heterocycles. The highest BCUT2D eigenvalue weighted by Gasteiger charge is 2.40. The lowest BCUT2D eigenvalue weighted by Gasteiger charge is -2.20. The van der Waals surface area contributed by atoms with Crippen LogP contribution in [-0.2, 0) is 11.3 Å². The highest BCUT2D eigenvalue weighted by atomic mass is 127. The summed E-state index contributed by atoms with van der Waals surface area (Å²) in [5.41, 5.74) is 0.207. The number of rotatable bonds is 4. The van der Waals surface area contributed by atoms with E-state index < -0.39 is 16.3 Å². The van der Waals surface area contributed by atoms with Crippen molar-refractivity contribution < 1.29 is 14.8 Å². The molecule has 1 aliphatic rings. The van der Waals surface area contributed by atoms with Crippen molar-refractivity contribution in [1.82, 2.24) is 4.90 Å². The van der Waals surface area contributed by atoms with Gasteiger partial charge in [-0.15, -0.1) is 0 Å². The van der Waals surface area contributed by atoms with Gasteiger partial charge in [0.15, 0.2) is 0 Å². The van der Waals surface area contributed by atoms with Gasteiger partial charge in [0.1, 0.15) is 0 Å². The van der Waals surface area contributed by atoms with Gasteiger partial charge in [0, 0.05) is 28.8 Å². The number of carbonyl (C=O) groups is 1. The topological polar surface area (TPSA) is 83.7 Å². The Hall–Kier alpha value is -1.22. The molecule has 1 aromatic rings. The minimum absolute atomic E-state index is 0.0760. The summed E-state index contributed by atoms with van der Waals surface area (Å²) in [5, 5.41) is 20.0. The van der Waals surface area contributed by atoms with Crippen molar-refractivity contribution in [2.45, 2.75) is 19.9 Å². The highest BCUT2D eigenvalue weighted by molar-refractivity contribution is 14.1. The lowest BCUT2D eigenvalue weighted by atomic mass is 9.90. The third-order valence-electron chi connectivity index (χ3n) is 3.63. The molecule has 1 unspecified atom stereocenters. The van der Waals surface area contributed by atoms with Crippen LogP contribution in [0.15, 0.2) is 18.2 Å². The number of likely N-dealkylation sites (tertiary alicyclic amines) is 1. The number of non-ortho nitro benzene ring substituents is 1. The average Bonchev–Trinajstić information content (AvgIpc) is 2.71. The van der Waals surface area contributed by atoms with Crippen LogP contribution in [0.4, 0.5) is 5.69 Å². The maximum atomic E-state index is 11.2. The molecule has 1 atom stereocenters. The molecular formula is C13H15IN2O4. The number of halogens is 1. The lowest BCUT2D eigenvalue weighted by Crippen LogP contribution is -2.31. The predicted molar refractivity (Wildman–Crippen MR) is 81.5 cm³/mol. The van der Waals surface area contributed by atoms with E-state index in [1.807, 2.05) is 11.0 Å². The number of nitrogens with zero attached hydrogens (tertiary/aromatic N) is 2. The molecule has 0 radical (unpaired) electrons. The Morgan fingerprint density at radius 1 is 1.55 bits per heavy atom. The molecule has 0 amide bonds. The number of nitro groups is 1. The fraction of sp³-hybridized carbons (Fsp3) is 0.462. The molecule has 0 aromatic heterocycles. The summed E-state index contributed by atoms with van der Waals surface area (Å²) in [6.07, 6.45) is 0.606. The normalized spacial score (nSPS) is 22.9. The van der Waals surface area contributed by atoms with E-state index in [-0.39, 0.29) is 5.69 Å². The third kappa shape index (κ3) is 3.26. The second-order valence-corrected chi connectivity index (χ2v) is 6.65. The molecule has 0 saturated carbocycles. The van der Waals surface area contributed by atoms with Gasteiger partial charge >= 0.3 is 5.97 Å². The molecule has 7 heteroatoms. The van der Waals surface area contributed by atoms with Crippen LogP contribution in [0.25, 0.3) is 0 Å². The smallest absolute Gasteiger partial charge is 0.310 e. The number of carboxylic acid groups (broad SMARTS) is 1. The fourth-order valence-electron chi connectivity index (χ4n) is 2.45. The number of aliphatic carboxylic acids is 1. The third-order valence-corrected chi connectivity index (χ3v) is 4.25. The van der Waals surface area contributed by atoms with E-state index >= 15 is 0 Å². The Kier molecular flexibility index (Phi) is 4.28. The van der Waals surface area contributed by atoms with Gasteiger partial charge in [0.2, 0.25) is 0 Å². The van der Waals surface area contributed by atoms with E-state index in [9.17, 15) is 20.0 Å². The first-order valence-electron chi connectivity index (χ1n) is 6.20. The predicted octanol–water partition coefficient (Wildman–Crippen LogP) is 2.50. The van der Waals surface area contributed by atoms with Crippen molar-refractivity contribution in [2.75, 3.05) is 13.1 Å². The summed E-state index contributed by atoms with van der Waals surface area (Å²) >= 11 is 2.05. The quantitative estimate of drug-likeness (QED) is 0.485. The van der Waals surface area contributed by atoms with Gasteiger partial charge in [-0.3, -0.25) is 19.8 Å². The molecule has 0 aliphatic carbocycles. The highest BCUT2D eigenvalue weighted by Crippen LogP contribution is 2.31. The van der Waals surface area contributed by atoms with Crippen LogP contribution in [0.1, 0.15) is 18.9 Å². The van der Waals surface area contributed by atoms with Crippen molar-refractivity contribution in [3.63, 3.8) is 0 Å². The van der Waals surface area contributed by atoms with Gasteiger partial charge in [-0.25, -0.2) is 0 Å². The SMILES string of the molecule is CC1(C(=O)O)CCN(Cc2cc(I)cc([N+](=O)[O-])c2)C1. The van der Waals surface area contributed by atoms with E-state index in [0.29, 0.717) is 26.1 Å². The summed E-state index contributed by atoms with van der Waals surface area (Å²) in [6.45, 7) is 3.46. The van der Waals surface area contributed by atoms with Crippen molar-refractivity contribution in [3.8, 4) is 0 Å². The van der Waals surface area contributed by atoms with Crippen molar-refractivity contribution in [1.29, 1.82) is 0 Å². The molecule has 20 heavy (non-hydrogen) atoms. The molecular weight excluding hydrogens is 375 g/mol. The van der Waals surface area contributed by atoms with Crippen LogP contribution >= 0.6 is 22.6 Å². The Bertz CT molecular complexity index is 563. The standard InChI is InChI=1S/C13H15IN2O4/c1-13(12(17)18)2-3-15(8-13)7-9-4-10(14)6-11(5-9)16(19)20/h4-6H,2-3,7-8H2,1H3,(H,17,18). The number of hydrogen-bond acceptors (Lipinski definition) is 4. The number of nitro benzene ring substituents is 1. The second-order valence-electron chi connectivity index (χ2n) is 5.40. The maximum absolute atomic E-state index is 11.2. The van der Waals surface area contributed by atoms with E-state index in [1.54, 1.807) is 13.0 Å². The van der Waals surface area contributed by atoms with E-state index in [2.05, 4.69) is 22.6 Å². The molecule has 1 saturated heterocycles. The first kappa shape index (κ1) is 15.2. The Balaban J connectivity index is 2.12. The number of benzene rings is 1. The van der Waals surface area contributed by atoms with Crippen LogP contribution in [0.5, 0.6) is 0 Å². The maximum Gasteiger partial charge on any atom is 0.310 e. The zero-order valence-electron chi connectivity index (χ0n) is 11.0. The summed E-state index contributed by atoms with van der Waals surface area (Å²) < 4.78 is 0.812. The van der Waals surface area contributed by atoms with Crippen LogP contribution in [0.2, 0.25) is 0 Å². The fourth-order valence-corrected chi connectivity index (χ4v) is 3.17. The van der Waals surface area contributed by atoms with Gasteiger partial charge in [-0.2, -0.15) is 0 Å². The molecule has 0 bridgehead atoms. The monoisotopic (exact) mass is 390 g/mol. The molecule has 2 rings (SSSR count). The number of carboxylic acids is 1. The summed E-state index contributed by atoms with van der Waals surface area (Å²) in [5.74, 6) is -0.784. The molecule has 0 spiro atoms. The van der Waals surface area contributed by atoms with Gasteiger partial charge in [0.25, 0.3) is 5.69 Å². The molecule has 6 nitrogen and oxygen atoms in total. The largest absolute Gasteiger partial charge is 0.481 e. The van der Waals surface area contributed by atoms with Gasteiger partial charge < -0.3 is 5.11 Å². The second kappa shape index (κ2) is 5.65. The van der Waals surface area contributed by atoms with Gasteiger partial charge in [0.05, 0.1) is 10.3 Å². The molecule has 1 fully saturated rings. The zero-order chi connectivity index (χ0) is 14.9. The summed E-state index contributed by atoms with van der Waals surface area (Å²) in [4.78, 5) is 23.7. The molecule has 1 aliphatic heterocycles. The van der Waals surface area contributed by atoms with Crippen molar-refractivity contribution in [3.05, 3.63) is 37.4 Å². The lowest BCUT2D eigenvalue weighted by molar-refractivity contribution is -0.385. The van der Waals surface area contributed by atoms with Crippen LogP contribution in [-0.4, -0.2) is 34.0 Å². The zero-order valence-corrected chi connectivity index (χ0v) is 13.2. The average molecular weight is 390 g/mol. The van der Waals surface area contributed by atoms with Crippen molar-refractivity contribution in [2.24, 2.45) is 5.41 Å². The molecule has 1 aromatic carbocycles. The minimum Gasteiger partial charge on any atom is -0.481 e. The first-order chi connectivity index (χ1) is 9.30. The van der Waals surface area contributed by atoms with Crippen LogP contribution < -0.4 is 0 Å². The molecule has 1 N–H and O–H groups in total. The number of hydrogen-bond donors (Lipinski definition) is 1. The van der Waals surface area contributed by atoms with Gasteiger partial charge in [-0.05, 0) is 54.1 Å². The Morgan fingerprint density at radius 2 is 2.25 bits per heavy atom. The molecule has 108 valence electrons. The van der Waals surface area contributed by atoms with E-state index in [1.165, 1.54) is 6.07 Å². The summed E-state index contributed by atoms with van der Waals surface area (Å²) in [6, 6.07) is 4.97. The van der Waals surface area contributed by atoms with Crippen molar-refractivity contribution >= 4 is 34.2 Å². The van der Waals surface area contributed by atoms with Crippen LogP contribution in [0.3, 0.4) is 0 Å². The van der Waals surface area contributed by atoms with Gasteiger partial charge in [-0.1, -0.05) is 0 Å². The summed E-state index contributed by atoms with van der Waals surface area (Å²) in [7, 11) is 0. The minimum atomic E-state index is -0.784. The Morgan fingerprint density at radius 3 is 2.80 bits per heavy atom. The van der Waals surface area contributed by atoms with Crippen LogP contribution in [0, 0.1) is 19.1 Å². The van der Waals surface area contributed by atoms with E-state index in [4.69, 9.17) is 0 Å².